The van der Waals surface area contributed by atoms with Crippen molar-refractivity contribution in [2.24, 2.45) is 7.05 Å². The molecule has 0 fully saturated rings. The number of rotatable bonds is 9. The smallest absolute Gasteiger partial charge is 0.422 e. The summed E-state index contributed by atoms with van der Waals surface area (Å²) in [5.74, 6) is 0.478. The number of aryl methyl sites for hydroxylation is 2. The van der Waals surface area contributed by atoms with E-state index in [0.29, 0.717) is 17.1 Å². The minimum atomic E-state index is -4.47. The van der Waals surface area contributed by atoms with Gasteiger partial charge in [-0.2, -0.15) is 13.2 Å². The number of pyridine rings is 1. The molecule has 0 aliphatic rings. The van der Waals surface area contributed by atoms with Crippen molar-refractivity contribution in [2.75, 3.05) is 6.61 Å². The van der Waals surface area contributed by atoms with Gasteiger partial charge in [-0.15, -0.1) is 0 Å². The van der Waals surface area contributed by atoms with Crippen LogP contribution in [0, 0.1) is 6.92 Å². The molecule has 1 N–H and O–H groups in total. The summed E-state index contributed by atoms with van der Waals surface area (Å²) >= 11 is 0. The van der Waals surface area contributed by atoms with Crippen molar-refractivity contribution in [1.82, 2.24) is 23.7 Å². The van der Waals surface area contributed by atoms with Crippen LogP contribution in [0.5, 0.6) is 5.75 Å². The van der Waals surface area contributed by atoms with Gasteiger partial charge in [0.2, 0.25) is 0 Å². The van der Waals surface area contributed by atoms with Crippen molar-refractivity contribution in [2.45, 2.75) is 52.1 Å². The lowest BCUT2D eigenvalue weighted by Crippen LogP contribution is -2.40. The number of imidazole rings is 1. The number of aromatic nitrogens is 5. The van der Waals surface area contributed by atoms with Gasteiger partial charge in [0.1, 0.15) is 11.6 Å². The number of benzene rings is 1. The van der Waals surface area contributed by atoms with E-state index in [-0.39, 0.29) is 42.8 Å². The molecule has 0 saturated carbocycles. The van der Waals surface area contributed by atoms with Gasteiger partial charge >= 0.3 is 11.9 Å². The molecule has 0 bridgehead atoms. The largest absolute Gasteiger partial charge is 0.484 e. The summed E-state index contributed by atoms with van der Waals surface area (Å²) in [7, 11) is 1.51. The van der Waals surface area contributed by atoms with E-state index < -0.39 is 30.1 Å². The third kappa shape index (κ3) is 6.13. The summed E-state index contributed by atoms with van der Waals surface area (Å²) in [4.78, 5) is 35.5. The molecule has 9 nitrogen and oxygen atoms in total. The molecule has 0 radical (unpaired) electrons. The van der Waals surface area contributed by atoms with Crippen molar-refractivity contribution in [3.8, 4) is 5.75 Å². The summed E-state index contributed by atoms with van der Waals surface area (Å²) in [6.45, 7) is 2.27. The maximum Gasteiger partial charge on any atom is 0.422 e. The molecule has 0 spiro atoms. The lowest BCUT2D eigenvalue weighted by molar-refractivity contribution is -0.153. The van der Waals surface area contributed by atoms with Gasteiger partial charge in [-0.1, -0.05) is 18.2 Å². The molecule has 12 heteroatoms. The van der Waals surface area contributed by atoms with Crippen LogP contribution in [0.2, 0.25) is 0 Å². The van der Waals surface area contributed by atoms with Crippen LogP contribution in [0.4, 0.5) is 13.2 Å². The molecule has 1 atom stereocenters. The first kappa shape index (κ1) is 27.1. The topological polar surface area (TPSA) is 104 Å². The van der Waals surface area contributed by atoms with Crippen molar-refractivity contribution in [3.05, 3.63) is 86.1 Å². The lowest BCUT2D eigenvalue weighted by Gasteiger charge is -2.12. The Labute approximate surface area is 215 Å². The van der Waals surface area contributed by atoms with Crippen molar-refractivity contribution < 1.29 is 23.0 Å². The van der Waals surface area contributed by atoms with Crippen LogP contribution in [-0.4, -0.2) is 47.7 Å². The Hall–Kier alpha value is -3.93. The normalized spacial score (nSPS) is 12.7. The zero-order valence-electron chi connectivity index (χ0n) is 21.2. The number of alkyl halides is 3. The van der Waals surface area contributed by atoms with E-state index in [1.54, 1.807) is 29.8 Å². The average Bonchev–Trinajstić information content (AvgIpc) is 3.20. The fourth-order valence-corrected chi connectivity index (χ4v) is 4.08. The highest BCUT2D eigenvalue weighted by atomic mass is 19.4. The van der Waals surface area contributed by atoms with Crippen LogP contribution in [-0.2, 0) is 26.6 Å². The molecule has 38 heavy (non-hydrogen) atoms. The second kappa shape index (κ2) is 10.8. The van der Waals surface area contributed by atoms with E-state index in [2.05, 4.69) is 9.97 Å². The lowest BCUT2D eigenvalue weighted by atomic mass is 10.1. The molecule has 0 amide bonds. The molecule has 202 valence electrons. The minimum Gasteiger partial charge on any atom is -0.484 e. The molecule has 4 rings (SSSR count). The molecule has 1 aromatic carbocycles. The van der Waals surface area contributed by atoms with Crippen LogP contribution in [0.3, 0.4) is 0 Å². The second-order valence-corrected chi connectivity index (χ2v) is 9.28. The summed E-state index contributed by atoms with van der Waals surface area (Å²) < 4.78 is 46.8. The standard InChI is InChI=1S/C26H28F3N5O4/c1-16-7-8-19(30-13-16)14-34-21(12-18-5-4-6-20(11-18)38-15-26(27,28)29)31-23-22(34)24(36)33(10-9-17(2)35)25(37)32(23)3/h4-8,11,13,17,35H,9-10,12,14-15H2,1-3H3. The van der Waals surface area contributed by atoms with Gasteiger partial charge in [0.05, 0.1) is 18.3 Å². The third-order valence-corrected chi connectivity index (χ3v) is 6.04. The number of nitrogens with zero attached hydrogens (tertiary/aromatic N) is 5. The van der Waals surface area contributed by atoms with E-state index >= 15 is 0 Å². The monoisotopic (exact) mass is 531 g/mol. The zero-order chi connectivity index (χ0) is 27.6. The first-order chi connectivity index (χ1) is 17.9. The number of aliphatic hydroxyl groups excluding tert-OH is 1. The van der Waals surface area contributed by atoms with Gasteiger partial charge in [-0.25, -0.2) is 9.78 Å². The van der Waals surface area contributed by atoms with Crippen LogP contribution >= 0.6 is 0 Å². The van der Waals surface area contributed by atoms with Gasteiger partial charge in [-0.3, -0.25) is 18.9 Å². The van der Waals surface area contributed by atoms with Crippen molar-refractivity contribution in [3.63, 3.8) is 0 Å². The molecule has 0 aliphatic carbocycles. The Morgan fingerprint density at radius 2 is 1.89 bits per heavy atom. The van der Waals surface area contributed by atoms with Crippen LogP contribution in [0.15, 0.2) is 52.2 Å². The van der Waals surface area contributed by atoms with E-state index in [1.807, 2.05) is 19.1 Å². The Bertz CT molecular complexity index is 1550. The summed E-state index contributed by atoms with van der Waals surface area (Å²) in [5.41, 5.74) is 1.49. The van der Waals surface area contributed by atoms with E-state index in [0.717, 1.165) is 10.1 Å². The maximum absolute atomic E-state index is 13.5. The number of ether oxygens (including phenoxy) is 1. The Morgan fingerprint density at radius 3 is 2.55 bits per heavy atom. The van der Waals surface area contributed by atoms with Gasteiger partial charge in [-0.05, 0) is 49.6 Å². The molecule has 0 aliphatic heterocycles. The molecule has 4 aromatic rings. The van der Waals surface area contributed by atoms with Gasteiger partial charge in [0.15, 0.2) is 17.8 Å². The van der Waals surface area contributed by atoms with Crippen LogP contribution < -0.4 is 16.0 Å². The average molecular weight is 532 g/mol. The van der Waals surface area contributed by atoms with Crippen LogP contribution in [0.25, 0.3) is 11.2 Å². The van der Waals surface area contributed by atoms with Gasteiger partial charge < -0.3 is 14.4 Å². The summed E-state index contributed by atoms with van der Waals surface area (Å²) in [5, 5.41) is 9.70. The van der Waals surface area contributed by atoms with Crippen molar-refractivity contribution >= 4 is 11.2 Å². The summed E-state index contributed by atoms with van der Waals surface area (Å²) in [6, 6.07) is 9.92. The Kier molecular flexibility index (Phi) is 7.72. The third-order valence-electron chi connectivity index (χ3n) is 6.04. The molecule has 3 heterocycles. The van der Waals surface area contributed by atoms with E-state index in [1.165, 1.54) is 23.7 Å². The zero-order valence-corrected chi connectivity index (χ0v) is 21.2. The molecule has 1 unspecified atom stereocenters. The Balaban J connectivity index is 1.82. The fraction of sp³-hybridized carbons (Fsp3) is 0.385. The van der Waals surface area contributed by atoms with E-state index in [9.17, 15) is 27.9 Å². The van der Waals surface area contributed by atoms with Gasteiger partial charge in [0, 0.05) is 26.2 Å². The van der Waals surface area contributed by atoms with E-state index in [4.69, 9.17) is 4.74 Å². The highest BCUT2D eigenvalue weighted by Gasteiger charge is 2.28. The predicted molar refractivity (Wildman–Crippen MR) is 134 cm³/mol. The predicted octanol–water partition coefficient (Wildman–Crippen LogP) is 2.95. The quantitative estimate of drug-likeness (QED) is 0.356. The first-order valence-electron chi connectivity index (χ1n) is 12.0. The highest BCUT2D eigenvalue weighted by molar-refractivity contribution is 5.71. The van der Waals surface area contributed by atoms with Crippen molar-refractivity contribution in [1.29, 1.82) is 0 Å². The number of halogens is 3. The highest BCUT2D eigenvalue weighted by Crippen LogP contribution is 2.22. The fourth-order valence-electron chi connectivity index (χ4n) is 4.08. The second-order valence-electron chi connectivity index (χ2n) is 9.28. The molecular weight excluding hydrogens is 503 g/mol. The summed E-state index contributed by atoms with van der Waals surface area (Å²) in [6.07, 6.45) is -3.10. The van der Waals surface area contributed by atoms with Gasteiger partial charge in [0.25, 0.3) is 5.56 Å². The minimum absolute atomic E-state index is 0.0288. The Morgan fingerprint density at radius 1 is 1.13 bits per heavy atom. The number of aliphatic hydroxyl groups is 1. The number of hydrogen-bond acceptors (Lipinski definition) is 6. The molecule has 3 aromatic heterocycles. The number of fused-ring (bicyclic) bond motifs is 1. The molecular formula is C26H28F3N5O4. The van der Waals surface area contributed by atoms with Crippen LogP contribution in [0.1, 0.15) is 36.0 Å². The SMILES string of the molecule is Cc1ccc(Cn2c(Cc3cccc(OCC(F)(F)F)c3)nc3c2c(=O)n(CCC(C)O)c(=O)n3C)nc1. The maximum atomic E-state index is 13.5. The number of hydrogen-bond donors (Lipinski definition) is 1. The first-order valence-corrected chi connectivity index (χ1v) is 12.0. The molecule has 0 saturated heterocycles.